The van der Waals surface area contributed by atoms with Crippen LogP contribution in [-0.2, 0) is 6.54 Å². The van der Waals surface area contributed by atoms with Gasteiger partial charge in [0.25, 0.3) is 17.5 Å². The summed E-state index contributed by atoms with van der Waals surface area (Å²) < 4.78 is 0. The lowest BCUT2D eigenvalue weighted by molar-refractivity contribution is -0.384. The van der Waals surface area contributed by atoms with Crippen molar-refractivity contribution in [2.75, 3.05) is 0 Å². The largest absolute Gasteiger partial charge is 0.270 e. The Morgan fingerprint density at radius 1 is 0.759 bits per heavy atom. The minimum absolute atomic E-state index is 0.0982. The van der Waals surface area contributed by atoms with Gasteiger partial charge in [0.2, 0.25) is 0 Å². The Bertz CT molecular complexity index is 1360. The van der Waals surface area contributed by atoms with Crippen molar-refractivity contribution in [3.05, 3.63) is 99.6 Å². The maximum atomic E-state index is 13.1. The molecule has 1 heterocycles. The number of nitrogens with zero attached hydrogens (tertiary/aromatic N) is 2. The summed E-state index contributed by atoms with van der Waals surface area (Å²) in [5, 5.41) is 14.4. The third kappa shape index (κ3) is 2.65. The fourth-order valence-electron chi connectivity index (χ4n) is 3.91. The summed E-state index contributed by atoms with van der Waals surface area (Å²) >= 11 is 0. The van der Waals surface area contributed by atoms with E-state index >= 15 is 0 Å². The quantitative estimate of drug-likeness (QED) is 0.292. The number of benzene rings is 4. The zero-order chi connectivity index (χ0) is 20.1. The number of rotatable bonds is 3. The SMILES string of the molecule is O=C1c2cccc3cc([N+](=O)[O-])cc(c23)C(=O)N1Cc1ccc2ccccc2c1. The molecule has 0 saturated carbocycles. The van der Waals surface area contributed by atoms with Crippen molar-refractivity contribution < 1.29 is 14.5 Å². The molecule has 1 aliphatic heterocycles. The van der Waals surface area contributed by atoms with Crippen molar-refractivity contribution in [3.8, 4) is 0 Å². The van der Waals surface area contributed by atoms with E-state index in [1.54, 1.807) is 18.2 Å². The molecule has 0 atom stereocenters. The molecule has 0 fully saturated rings. The number of carbonyl (C=O) groups is 2. The van der Waals surface area contributed by atoms with Crippen LogP contribution in [0.1, 0.15) is 26.3 Å². The molecule has 0 bridgehead atoms. The van der Waals surface area contributed by atoms with Gasteiger partial charge in [0.1, 0.15) is 0 Å². The van der Waals surface area contributed by atoms with Gasteiger partial charge in [-0.05, 0) is 33.9 Å². The van der Waals surface area contributed by atoms with E-state index in [0.717, 1.165) is 21.2 Å². The van der Waals surface area contributed by atoms with Crippen LogP contribution in [0.4, 0.5) is 5.69 Å². The second-order valence-corrected chi connectivity index (χ2v) is 7.03. The molecule has 0 N–H and O–H groups in total. The van der Waals surface area contributed by atoms with E-state index < -0.39 is 16.7 Å². The smallest absolute Gasteiger partial charge is 0.270 e. The zero-order valence-corrected chi connectivity index (χ0v) is 15.2. The molecule has 0 radical (unpaired) electrons. The van der Waals surface area contributed by atoms with E-state index in [2.05, 4.69) is 0 Å². The first-order chi connectivity index (χ1) is 14.0. The number of hydrogen-bond acceptors (Lipinski definition) is 4. The minimum Gasteiger partial charge on any atom is -0.270 e. The van der Waals surface area contributed by atoms with Crippen molar-refractivity contribution in [1.29, 1.82) is 0 Å². The molecule has 0 spiro atoms. The predicted octanol–water partition coefficient (Wildman–Crippen LogP) is 4.70. The van der Waals surface area contributed by atoms with Crippen LogP contribution in [-0.4, -0.2) is 21.6 Å². The highest BCUT2D eigenvalue weighted by Gasteiger charge is 2.34. The van der Waals surface area contributed by atoms with Gasteiger partial charge in [-0.1, -0.05) is 48.5 Å². The van der Waals surface area contributed by atoms with Crippen molar-refractivity contribution >= 4 is 39.0 Å². The lowest BCUT2D eigenvalue weighted by Gasteiger charge is -2.27. The molecule has 2 amide bonds. The molecule has 0 aromatic heterocycles. The van der Waals surface area contributed by atoms with Gasteiger partial charge in [0, 0.05) is 23.1 Å². The molecule has 0 aliphatic carbocycles. The highest BCUT2D eigenvalue weighted by atomic mass is 16.6. The van der Waals surface area contributed by atoms with Crippen molar-refractivity contribution in [2.45, 2.75) is 6.54 Å². The summed E-state index contributed by atoms with van der Waals surface area (Å²) in [5.74, 6) is -0.911. The van der Waals surface area contributed by atoms with E-state index in [4.69, 9.17) is 0 Å². The normalized spacial score (nSPS) is 13.3. The molecular weight excluding hydrogens is 368 g/mol. The van der Waals surface area contributed by atoms with E-state index in [-0.39, 0.29) is 17.8 Å². The number of carbonyl (C=O) groups excluding carboxylic acids is 2. The Labute approximate surface area is 165 Å². The maximum absolute atomic E-state index is 13.1. The van der Waals surface area contributed by atoms with Crippen LogP contribution in [0.25, 0.3) is 21.5 Å². The third-order valence-corrected chi connectivity index (χ3v) is 5.28. The Kier molecular flexibility index (Phi) is 3.67. The Morgan fingerprint density at radius 2 is 1.48 bits per heavy atom. The molecule has 29 heavy (non-hydrogen) atoms. The average molecular weight is 382 g/mol. The Morgan fingerprint density at radius 3 is 2.28 bits per heavy atom. The summed E-state index contributed by atoms with van der Waals surface area (Å²) in [6.07, 6.45) is 0. The van der Waals surface area contributed by atoms with Crippen LogP contribution >= 0.6 is 0 Å². The fraction of sp³-hybridized carbons (Fsp3) is 0.0435. The standard InChI is InChI=1S/C23H14N2O4/c26-22-19-7-3-6-17-11-18(25(28)29)12-20(21(17)19)23(27)24(22)13-14-8-9-15-4-1-2-5-16(15)10-14/h1-12H,13H2. The Balaban J connectivity index is 1.62. The number of hydrogen-bond donors (Lipinski definition) is 0. The van der Waals surface area contributed by atoms with E-state index in [9.17, 15) is 19.7 Å². The monoisotopic (exact) mass is 382 g/mol. The number of non-ortho nitro benzene ring substituents is 1. The van der Waals surface area contributed by atoms with Gasteiger partial charge in [-0.15, -0.1) is 0 Å². The van der Waals surface area contributed by atoms with Gasteiger partial charge in [-0.25, -0.2) is 0 Å². The van der Waals surface area contributed by atoms with Gasteiger partial charge in [0.05, 0.1) is 17.0 Å². The number of imide groups is 1. The molecule has 6 nitrogen and oxygen atoms in total. The predicted molar refractivity (Wildman–Crippen MR) is 109 cm³/mol. The van der Waals surface area contributed by atoms with Crippen LogP contribution < -0.4 is 0 Å². The van der Waals surface area contributed by atoms with Crippen molar-refractivity contribution in [2.24, 2.45) is 0 Å². The second kappa shape index (κ2) is 6.24. The molecule has 140 valence electrons. The summed E-state index contributed by atoms with van der Waals surface area (Å²) in [5.41, 5.74) is 1.21. The van der Waals surface area contributed by atoms with Crippen LogP contribution in [0, 0.1) is 10.1 Å². The summed E-state index contributed by atoms with van der Waals surface area (Å²) in [4.78, 5) is 38.1. The number of amides is 2. The summed E-state index contributed by atoms with van der Waals surface area (Å²) in [7, 11) is 0. The van der Waals surface area contributed by atoms with Gasteiger partial charge < -0.3 is 0 Å². The molecule has 0 unspecified atom stereocenters. The molecule has 0 saturated heterocycles. The van der Waals surface area contributed by atoms with Gasteiger partial charge in [-0.2, -0.15) is 0 Å². The van der Waals surface area contributed by atoms with Crippen molar-refractivity contribution in [1.82, 2.24) is 4.90 Å². The lowest BCUT2D eigenvalue weighted by atomic mass is 9.93. The third-order valence-electron chi connectivity index (χ3n) is 5.28. The molecule has 6 heteroatoms. The molecule has 1 aliphatic rings. The van der Waals surface area contributed by atoms with Gasteiger partial charge in [0.15, 0.2) is 0 Å². The van der Waals surface area contributed by atoms with Crippen LogP contribution in [0.2, 0.25) is 0 Å². The highest BCUT2D eigenvalue weighted by Crippen LogP contribution is 2.34. The Hall–Kier alpha value is -4.06. The maximum Gasteiger partial charge on any atom is 0.270 e. The van der Waals surface area contributed by atoms with E-state index in [0.29, 0.717) is 16.3 Å². The van der Waals surface area contributed by atoms with E-state index in [1.165, 1.54) is 12.1 Å². The molecule has 4 aromatic rings. The number of fused-ring (bicyclic) bond motifs is 1. The molecule has 5 rings (SSSR count). The van der Waals surface area contributed by atoms with Gasteiger partial charge >= 0.3 is 0 Å². The van der Waals surface area contributed by atoms with Crippen LogP contribution in [0.3, 0.4) is 0 Å². The van der Waals surface area contributed by atoms with Crippen molar-refractivity contribution in [3.63, 3.8) is 0 Å². The first-order valence-corrected chi connectivity index (χ1v) is 9.08. The van der Waals surface area contributed by atoms with Gasteiger partial charge in [-0.3, -0.25) is 24.6 Å². The first kappa shape index (κ1) is 17.1. The zero-order valence-electron chi connectivity index (χ0n) is 15.2. The minimum atomic E-state index is -0.528. The molecular formula is C23H14N2O4. The van der Waals surface area contributed by atoms with Crippen LogP contribution in [0.15, 0.2) is 72.8 Å². The number of nitro benzene ring substituents is 1. The fourth-order valence-corrected chi connectivity index (χ4v) is 3.91. The summed E-state index contributed by atoms with van der Waals surface area (Å²) in [6, 6.07) is 21.3. The van der Waals surface area contributed by atoms with Crippen LogP contribution in [0.5, 0.6) is 0 Å². The second-order valence-electron chi connectivity index (χ2n) is 7.03. The lowest BCUT2D eigenvalue weighted by Crippen LogP contribution is -2.39. The van der Waals surface area contributed by atoms with E-state index in [1.807, 2.05) is 42.5 Å². The summed E-state index contributed by atoms with van der Waals surface area (Å²) in [6.45, 7) is 0.0982. The first-order valence-electron chi connectivity index (χ1n) is 9.08. The number of nitro groups is 1. The highest BCUT2D eigenvalue weighted by molar-refractivity contribution is 6.25. The molecule has 4 aromatic carbocycles. The average Bonchev–Trinajstić information content (AvgIpc) is 2.74. The topological polar surface area (TPSA) is 80.5 Å².